The number of nitrogens with zero attached hydrogens (tertiary/aromatic N) is 1. The Morgan fingerprint density at radius 3 is 2.67 bits per heavy atom. The van der Waals surface area contributed by atoms with Crippen LogP contribution >= 0.6 is 0 Å². The normalized spacial score (nSPS) is 23.9. The zero-order valence-corrected chi connectivity index (χ0v) is 11.6. The predicted octanol–water partition coefficient (Wildman–Crippen LogP) is 1.51. The number of carbonyl (C=O) groups excluding carboxylic acids is 1. The van der Waals surface area contributed by atoms with Crippen molar-refractivity contribution < 1.29 is 9.90 Å². The molecule has 0 aromatic heterocycles. The van der Waals surface area contributed by atoms with Crippen LogP contribution in [0.2, 0.25) is 0 Å². The Morgan fingerprint density at radius 2 is 2.06 bits per heavy atom. The highest BCUT2D eigenvalue weighted by Crippen LogP contribution is 2.26. The average molecular weight is 256 g/mol. The third-order valence-corrected chi connectivity index (χ3v) is 3.91. The van der Waals surface area contributed by atoms with E-state index < -0.39 is 0 Å². The molecule has 1 aliphatic rings. The van der Waals surface area contributed by atoms with E-state index in [4.69, 9.17) is 10.8 Å². The number of amides is 1. The summed E-state index contributed by atoms with van der Waals surface area (Å²) in [5.41, 5.74) is 6.08. The first-order valence-corrected chi connectivity index (χ1v) is 7.33. The zero-order chi connectivity index (χ0) is 13.4. The van der Waals surface area contributed by atoms with Crippen molar-refractivity contribution in [3.05, 3.63) is 0 Å². The highest BCUT2D eigenvalue weighted by molar-refractivity contribution is 5.76. The molecular weight excluding hydrogens is 228 g/mol. The molecular formula is C14H28N2O2. The summed E-state index contributed by atoms with van der Waals surface area (Å²) in [6.45, 7) is 3.38. The molecule has 4 nitrogen and oxygen atoms in total. The molecule has 0 saturated heterocycles. The first kappa shape index (κ1) is 15.4. The number of rotatable bonds is 7. The second kappa shape index (κ2) is 8.48. The molecule has 2 unspecified atom stereocenters. The summed E-state index contributed by atoms with van der Waals surface area (Å²) in [5.74, 6) is 0.508. The second-order valence-electron chi connectivity index (χ2n) is 5.37. The maximum Gasteiger partial charge on any atom is 0.222 e. The van der Waals surface area contributed by atoms with E-state index in [-0.39, 0.29) is 18.6 Å². The molecule has 0 bridgehead atoms. The van der Waals surface area contributed by atoms with Crippen LogP contribution in [0.3, 0.4) is 0 Å². The third kappa shape index (κ3) is 4.94. The van der Waals surface area contributed by atoms with Gasteiger partial charge in [0.05, 0.1) is 6.61 Å². The Kier molecular flexibility index (Phi) is 7.28. The van der Waals surface area contributed by atoms with Gasteiger partial charge in [0.25, 0.3) is 0 Å². The van der Waals surface area contributed by atoms with Crippen LogP contribution < -0.4 is 5.73 Å². The van der Waals surface area contributed by atoms with Gasteiger partial charge in [-0.3, -0.25) is 4.79 Å². The van der Waals surface area contributed by atoms with Crippen LogP contribution in [0, 0.1) is 5.92 Å². The van der Waals surface area contributed by atoms with Crippen LogP contribution in [0.15, 0.2) is 0 Å². The molecule has 1 rings (SSSR count). The van der Waals surface area contributed by atoms with Gasteiger partial charge in [-0.25, -0.2) is 0 Å². The SMILES string of the molecule is CCCCN(CCO)C(=O)CC1CCCCC1N. The van der Waals surface area contributed by atoms with Gasteiger partial charge in [-0.1, -0.05) is 26.2 Å². The largest absolute Gasteiger partial charge is 0.395 e. The van der Waals surface area contributed by atoms with Crippen LogP contribution in [0.1, 0.15) is 51.9 Å². The van der Waals surface area contributed by atoms with Crippen molar-refractivity contribution in [2.45, 2.75) is 57.9 Å². The lowest BCUT2D eigenvalue weighted by Crippen LogP contribution is -2.40. The number of unbranched alkanes of at least 4 members (excludes halogenated alkanes) is 1. The first-order chi connectivity index (χ1) is 8.69. The molecule has 0 spiro atoms. The maximum atomic E-state index is 12.2. The summed E-state index contributed by atoms with van der Waals surface area (Å²) in [4.78, 5) is 14.0. The van der Waals surface area contributed by atoms with E-state index in [1.165, 1.54) is 12.8 Å². The van der Waals surface area contributed by atoms with Crippen LogP contribution in [0.25, 0.3) is 0 Å². The van der Waals surface area contributed by atoms with E-state index in [9.17, 15) is 4.79 Å². The van der Waals surface area contributed by atoms with Crippen LogP contribution in [0.4, 0.5) is 0 Å². The minimum Gasteiger partial charge on any atom is -0.395 e. The Morgan fingerprint density at radius 1 is 1.33 bits per heavy atom. The quantitative estimate of drug-likeness (QED) is 0.725. The standard InChI is InChI=1S/C14H28N2O2/c1-2-3-8-16(9-10-17)14(18)11-12-6-4-5-7-13(12)15/h12-13,17H,2-11,15H2,1H3. The first-order valence-electron chi connectivity index (χ1n) is 7.33. The van der Waals surface area contributed by atoms with Crippen molar-refractivity contribution in [3.8, 4) is 0 Å². The summed E-state index contributed by atoms with van der Waals surface area (Å²) < 4.78 is 0. The Balaban J connectivity index is 2.43. The van der Waals surface area contributed by atoms with E-state index in [1.807, 2.05) is 0 Å². The third-order valence-electron chi connectivity index (χ3n) is 3.91. The molecule has 18 heavy (non-hydrogen) atoms. The number of aliphatic hydroxyl groups excluding tert-OH is 1. The maximum absolute atomic E-state index is 12.2. The highest BCUT2D eigenvalue weighted by Gasteiger charge is 2.26. The van der Waals surface area contributed by atoms with Crippen LogP contribution in [-0.4, -0.2) is 41.7 Å². The summed E-state index contributed by atoms with van der Waals surface area (Å²) in [6.07, 6.45) is 7.15. The molecule has 0 aromatic rings. The molecule has 1 saturated carbocycles. The molecule has 3 N–H and O–H groups in total. The number of nitrogens with two attached hydrogens (primary N) is 1. The number of carbonyl (C=O) groups is 1. The molecule has 1 amide bonds. The molecule has 2 atom stereocenters. The van der Waals surface area contributed by atoms with Crippen LogP contribution in [-0.2, 0) is 4.79 Å². The van der Waals surface area contributed by atoms with Gasteiger partial charge < -0.3 is 15.7 Å². The van der Waals surface area contributed by atoms with E-state index in [1.54, 1.807) is 4.90 Å². The predicted molar refractivity (Wildman–Crippen MR) is 73.1 cm³/mol. The van der Waals surface area contributed by atoms with Crippen LogP contribution in [0.5, 0.6) is 0 Å². The molecule has 4 heteroatoms. The molecule has 106 valence electrons. The fourth-order valence-electron chi connectivity index (χ4n) is 2.67. The molecule has 0 aliphatic heterocycles. The summed E-state index contributed by atoms with van der Waals surface area (Å²) in [6, 6.07) is 0.185. The monoisotopic (exact) mass is 256 g/mol. The fraction of sp³-hybridized carbons (Fsp3) is 0.929. The van der Waals surface area contributed by atoms with Crippen molar-refractivity contribution in [3.63, 3.8) is 0 Å². The fourth-order valence-corrected chi connectivity index (χ4v) is 2.67. The topological polar surface area (TPSA) is 66.6 Å². The van der Waals surface area contributed by atoms with Gasteiger partial charge in [-0.05, 0) is 25.2 Å². The minimum atomic E-state index is 0.0478. The van der Waals surface area contributed by atoms with Gasteiger partial charge in [-0.2, -0.15) is 0 Å². The summed E-state index contributed by atoms with van der Waals surface area (Å²) in [5, 5.41) is 9.02. The van der Waals surface area contributed by atoms with Gasteiger partial charge in [0, 0.05) is 25.6 Å². The second-order valence-corrected chi connectivity index (χ2v) is 5.37. The van der Waals surface area contributed by atoms with Gasteiger partial charge >= 0.3 is 0 Å². The zero-order valence-electron chi connectivity index (χ0n) is 11.6. The van der Waals surface area contributed by atoms with Crippen molar-refractivity contribution in [2.24, 2.45) is 11.7 Å². The van der Waals surface area contributed by atoms with Crippen molar-refractivity contribution in [1.29, 1.82) is 0 Å². The van der Waals surface area contributed by atoms with Crippen molar-refractivity contribution in [1.82, 2.24) is 4.90 Å². The van der Waals surface area contributed by atoms with E-state index >= 15 is 0 Å². The lowest BCUT2D eigenvalue weighted by atomic mass is 9.82. The molecule has 1 fully saturated rings. The highest BCUT2D eigenvalue weighted by atomic mass is 16.3. The van der Waals surface area contributed by atoms with E-state index in [0.717, 1.165) is 32.2 Å². The Labute approximate surface area is 111 Å². The molecule has 0 aromatic carbocycles. The van der Waals surface area contributed by atoms with E-state index in [2.05, 4.69) is 6.92 Å². The molecule has 0 heterocycles. The number of hydrogen-bond donors (Lipinski definition) is 2. The Hall–Kier alpha value is -0.610. The lowest BCUT2D eigenvalue weighted by molar-refractivity contribution is -0.133. The molecule has 0 radical (unpaired) electrons. The van der Waals surface area contributed by atoms with Gasteiger partial charge in [0.15, 0.2) is 0 Å². The molecule has 1 aliphatic carbocycles. The van der Waals surface area contributed by atoms with E-state index in [0.29, 0.717) is 18.9 Å². The van der Waals surface area contributed by atoms with Gasteiger partial charge in [0.1, 0.15) is 0 Å². The van der Waals surface area contributed by atoms with Gasteiger partial charge in [0.2, 0.25) is 5.91 Å². The van der Waals surface area contributed by atoms with Crippen molar-refractivity contribution >= 4 is 5.91 Å². The van der Waals surface area contributed by atoms with Crippen molar-refractivity contribution in [2.75, 3.05) is 19.7 Å². The number of aliphatic hydroxyl groups is 1. The van der Waals surface area contributed by atoms with Gasteiger partial charge in [-0.15, -0.1) is 0 Å². The smallest absolute Gasteiger partial charge is 0.222 e. The minimum absolute atomic E-state index is 0.0478. The lowest BCUT2D eigenvalue weighted by Gasteiger charge is -2.30. The summed E-state index contributed by atoms with van der Waals surface area (Å²) >= 11 is 0. The average Bonchev–Trinajstić information content (AvgIpc) is 2.37. The number of hydrogen-bond acceptors (Lipinski definition) is 3. The summed E-state index contributed by atoms with van der Waals surface area (Å²) in [7, 11) is 0. The Bertz CT molecular complexity index is 246.